The van der Waals surface area contributed by atoms with E-state index < -0.39 is 0 Å². The predicted octanol–water partition coefficient (Wildman–Crippen LogP) is 2.56. The van der Waals surface area contributed by atoms with Crippen molar-refractivity contribution in [1.82, 2.24) is 14.9 Å². The number of nitrogens with one attached hydrogen (secondary N) is 1. The third-order valence-corrected chi connectivity index (χ3v) is 6.46. The summed E-state index contributed by atoms with van der Waals surface area (Å²) in [7, 11) is 0. The van der Waals surface area contributed by atoms with Crippen LogP contribution in [-0.4, -0.2) is 47.3 Å². The zero-order chi connectivity index (χ0) is 21.9. The van der Waals surface area contributed by atoms with Crippen molar-refractivity contribution < 1.29 is 19.0 Å². The van der Waals surface area contributed by atoms with Crippen LogP contribution in [0.3, 0.4) is 0 Å². The summed E-state index contributed by atoms with van der Waals surface area (Å²) in [5.74, 6) is 1.41. The molecule has 1 fully saturated rings. The summed E-state index contributed by atoms with van der Waals surface area (Å²) in [5.41, 5.74) is 1.36. The van der Waals surface area contributed by atoms with Crippen LogP contribution >= 0.6 is 11.8 Å². The number of nitrogens with zero attached hydrogens (tertiary/aromatic N) is 2. The van der Waals surface area contributed by atoms with Crippen LogP contribution in [-0.2, 0) is 16.1 Å². The lowest BCUT2D eigenvalue weighted by Crippen LogP contribution is -2.33. The normalized spacial score (nSPS) is 17.1. The molecule has 9 heteroatoms. The van der Waals surface area contributed by atoms with Crippen LogP contribution < -0.4 is 20.3 Å². The number of para-hydroxylation sites is 1. The maximum Gasteiger partial charge on any atom is 0.262 e. The highest BCUT2D eigenvalue weighted by molar-refractivity contribution is 7.99. The quantitative estimate of drug-likeness (QED) is 0.434. The minimum Gasteiger partial charge on any atom is -0.454 e. The van der Waals surface area contributed by atoms with Crippen LogP contribution in [0.2, 0.25) is 0 Å². The van der Waals surface area contributed by atoms with Crippen molar-refractivity contribution in [1.29, 1.82) is 0 Å². The van der Waals surface area contributed by atoms with Gasteiger partial charge < -0.3 is 19.5 Å². The third kappa shape index (κ3) is 4.44. The molecule has 3 aromatic rings. The Balaban J connectivity index is 1.38. The minimum atomic E-state index is -0.143. The number of rotatable bonds is 7. The molecular weight excluding hydrogens is 430 g/mol. The van der Waals surface area contributed by atoms with E-state index in [0.717, 1.165) is 25.0 Å². The molecule has 2 aromatic carbocycles. The van der Waals surface area contributed by atoms with Gasteiger partial charge in [-0.25, -0.2) is 4.98 Å². The SMILES string of the molecule is O=C(CSc1nc2ccccc2c(=O)n1Cc1ccc2c(c1)OCO2)NC[C@@H]1CCCO1. The highest BCUT2D eigenvalue weighted by atomic mass is 32.2. The molecule has 1 saturated heterocycles. The first-order valence-corrected chi connectivity index (χ1v) is 11.5. The topological polar surface area (TPSA) is 91.7 Å². The maximum atomic E-state index is 13.3. The highest BCUT2D eigenvalue weighted by Crippen LogP contribution is 2.33. The van der Waals surface area contributed by atoms with Gasteiger partial charge in [0.1, 0.15) is 0 Å². The van der Waals surface area contributed by atoms with Gasteiger partial charge in [0.15, 0.2) is 16.7 Å². The fourth-order valence-corrected chi connectivity index (χ4v) is 4.66. The van der Waals surface area contributed by atoms with Crippen molar-refractivity contribution in [3.63, 3.8) is 0 Å². The van der Waals surface area contributed by atoms with E-state index in [-0.39, 0.29) is 30.1 Å². The summed E-state index contributed by atoms with van der Waals surface area (Å²) >= 11 is 1.25. The summed E-state index contributed by atoms with van der Waals surface area (Å²) in [6, 6.07) is 12.8. The van der Waals surface area contributed by atoms with Crippen molar-refractivity contribution >= 4 is 28.6 Å². The first kappa shape index (κ1) is 20.8. The molecule has 1 atom stereocenters. The lowest BCUT2D eigenvalue weighted by molar-refractivity contribution is -0.119. The smallest absolute Gasteiger partial charge is 0.262 e. The first-order valence-electron chi connectivity index (χ1n) is 10.6. The molecule has 2 aliphatic rings. The summed E-state index contributed by atoms with van der Waals surface area (Å²) in [5, 5.41) is 3.95. The molecule has 0 bridgehead atoms. The molecule has 1 aromatic heterocycles. The molecule has 0 saturated carbocycles. The Kier molecular flexibility index (Phi) is 6.00. The molecule has 3 heterocycles. The number of thioether (sulfide) groups is 1. The van der Waals surface area contributed by atoms with Crippen molar-refractivity contribution in [3.05, 3.63) is 58.4 Å². The van der Waals surface area contributed by atoms with Crippen LogP contribution in [0.1, 0.15) is 18.4 Å². The Morgan fingerprint density at radius 2 is 2.06 bits per heavy atom. The predicted molar refractivity (Wildman–Crippen MR) is 120 cm³/mol. The summed E-state index contributed by atoms with van der Waals surface area (Å²) in [6.45, 7) is 1.77. The second kappa shape index (κ2) is 9.22. The van der Waals surface area contributed by atoms with Crippen LogP contribution in [0.4, 0.5) is 0 Å². The molecule has 0 aliphatic carbocycles. The Bertz CT molecular complexity index is 1210. The van der Waals surface area contributed by atoms with Crippen molar-refractivity contribution in [2.24, 2.45) is 0 Å². The first-order chi connectivity index (χ1) is 15.7. The van der Waals surface area contributed by atoms with E-state index in [0.29, 0.717) is 40.6 Å². The van der Waals surface area contributed by atoms with Gasteiger partial charge in [-0.15, -0.1) is 0 Å². The highest BCUT2D eigenvalue weighted by Gasteiger charge is 2.18. The van der Waals surface area contributed by atoms with E-state index in [1.54, 1.807) is 10.6 Å². The number of hydrogen-bond donors (Lipinski definition) is 1. The second-order valence-electron chi connectivity index (χ2n) is 7.72. The fourth-order valence-electron chi connectivity index (χ4n) is 3.83. The lowest BCUT2D eigenvalue weighted by Gasteiger charge is -2.14. The number of ether oxygens (including phenoxy) is 3. The van der Waals surface area contributed by atoms with Crippen molar-refractivity contribution in [3.8, 4) is 11.5 Å². The third-order valence-electron chi connectivity index (χ3n) is 5.49. The standard InChI is InChI=1S/C23H23N3O5S/c27-21(24-11-16-4-3-9-29-16)13-32-23-25-18-6-2-1-5-17(18)22(28)26(23)12-15-7-8-19-20(10-15)31-14-30-19/h1-2,5-8,10,16H,3-4,9,11-14H2,(H,24,27)/t16-/m0/s1. The molecule has 1 amide bonds. The van der Waals surface area contributed by atoms with Gasteiger partial charge >= 0.3 is 0 Å². The maximum absolute atomic E-state index is 13.3. The number of benzene rings is 2. The molecule has 8 nitrogen and oxygen atoms in total. The van der Waals surface area contributed by atoms with Crippen LogP contribution in [0.5, 0.6) is 11.5 Å². The van der Waals surface area contributed by atoms with Crippen LogP contribution in [0.15, 0.2) is 52.4 Å². The van der Waals surface area contributed by atoms with E-state index in [4.69, 9.17) is 14.2 Å². The number of hydrogen-bond acceptors (Lipinski definition) is 7. The van der Waals surface area contributed by atoms with Gasteiger partial charge in [0.2, 0.25) is 12.7 Å². The molecule has 32 heavy (non-hydrogen) atoms. The van der Waals surface area contributed by atoms with Crippen molar-refractivity contribution in [2.75, 3.05) is 25.7 Å². The van der Waals surface area contributed by atoms with Crippen LogP contribution in [0, 0.1) is 0 Å². The van der Waals surface area contributed by atoms with E-state index in [1.807, 2.05) is 36.4 Å². The fraction of sp³-hybridized carbons (Fsp3) is 0.348. The van der Waals surface area contributed by atoms with E-state index in [2.05, 4.69) is 10.3 Å². The largest absolute Gasteiger partial charge is 0.454 e. The summed E-state index contributed by atoms with van der Waals surface area (Å²) in [4.78, 5) is 30.3. The number of amides is 1. The van der Waals surface area contributed by atoms with Gasteiger partial charge in [-0.2, -0.15) is 0 Å². The Morgan fingerprint density at radius 1 is 1.19 bits per heavy atom. The number of carbonyl (C=O) groups is 1. The zero-order valence-electron chi connectivity index (χ0n) is 17.4. The average molecular weight is 454 g/mol. The van der Waals surface area contributed by atoms with Gasteiger partial charge in [0.05, 0.1) is 29.3 Å². The molecule has 0 unspecified atom stereocenters. The average Bonchev–Trinajstić information content (AvgIpc) is 3.50. The van der Waals surface area contributed by atoms with Crippen LogP contribution in [0.25, 0.3) is 10.9 Å². The van der Waals surface area contributed by atoms with Gasteiger partial charge in [-0.05, 0) is 42.7 Å². The van der Waals surface area contributed by atoms with Gasteiger partial charge in [-0.1, -0.05) is 30.0 Å². The molecule has 0 spiro atoms. The summed E-state index contributed by atoms with van der Waals surface area (Å²) in [6.07, 6.45) is 2.09. The van der Waals surface area contributed by atoms with E-state index in [1.165, 1.54) is 11.8 Å². The Morgan fingerprint density at radius 3 is 2.94 bits per heavy atom. The molecule has 0 radical (unpaired) electrons. The molecule has 5 rings (SSSR count). The molecule has 1 N–H and O–H groups in total. The number of fused-ring (bicyclic) bond motifs is 2. The Labute approximate surface area is 188 Å². The molecule has 2 aliphatic heterocycles. The number of aromatic nitrogens is 2. The van der Waals surface area contributed by atoms with Gasteiger partial charge in [0.25, 0.3) is 5.56 Å². The summed E-state index contributed by atoms with van der Waals surface area (Å²) < 4.78 is 18.0. The minimum absolute atomic E-state index is 0.0898. The van der Waals surface area contributed by atoms with Gasteiger partial charge in [-0.3, -0.25) is 14.2 Å². The van der Waals surface area contributed by atoms with E-state index in [9.17, 15) is 9.59 Å². The number of carbonyl (C=O) groups excluding carboxylic acids is 1. The van der Waals surface area contributed by atoms with Gasteiger partial charge in [0, 0.05) is 13.2 Å². The van der Waals surface area contributed by atoms with Crippen molar-refractivity contribution in [2.45, 2.75) is 30.6 Å². The Hall–Kier alpha value is -3.04. The van der Waals surface area contributed by atoms with E-state index >= 15 is 0 Å². The second-order valence-corrected chi connectivity index (χ2v) is 8.66. The zero-order valence-corrected chi connectivity index (χ0v) is 18.2. The monoisotopic (exact) mass is 453 g/mol. The molecular formula is C23H23N3O5S. The lowest BCUT2D eigenvalue weighted by atomic mass is 10.2. The molecule has 166 valence electrons.